The molecule has 2 aromatic rings. The van der Waals surface area contributed by atoms with E-state index in [0.717, 1.165) is 17.2 Å². The van der Waals surface area contributed by atoms with Crippen LogP contribution >= 0.6 is 0 Å². The number of fused-ring (bicyclic) bond motifs is 1. The standard InChI is InChI=1S/C15H17NO3/c1-2-5-12(10-16(18)19)15-13-7-4-3-6-11(13)8-9-14(15)17/h3-4,6-9,12,17H,2,5,10H2,1H3/t12-/m1/s1. The molecule has 0 aliphatic heterocycles. The Morgan fingerprint density at radius 1 is 1.26 bits per heavy atom. The van der Waals surface area contributed by atoms with Crippen LogP contribution in [0.15, 0.2) is 36.4 Å². The molecule has 100 valence electrons. The first-order chi connectivity index (χ1) is 9.13. The molecule has 0 fully saturated rings. The Morgan fingerprint density at radius 2 is 2.00 bits per heavy atom. The first kappa shape index (κ1) is 13.3. The fraction of sp³-hybridized carbons (Fsp3) is 0.333. The van der Waals surface area contributed by atoms with Crippen LogP contribution in [-0.2, 0) is 0 Å². The Balaban J connectivity index is 2.56. The monoisotopic (exact) mass is 259 g/mol. The number of benzene rings is 2. The minimum absolute atomic E-state index is 0.143. The summed E-state index contributed by atoms with van der Waals surface area (Å²) in [4.78, 5) is 10.5. The molecular weight excluding hydrogens is 242 g/mol. The van der Waals surface area contributed by atoms with Crippen LogP contribution in [0.3, 0.4) is 0 Å². The highest BCUT2D eigenvalue weighted by atomic mass is 16.6. The molecule has 19 heavy (non-hydrogen) atoms. The van der Waals surface area contributed by atoms with E-state index in [2.05, 4.69) is 0 Å². The lowest BCUT2D eigenvalue weighted by Crippen LogP contribution is -2.13. The van der Waals surface area contributed by atoms with E-state index in [0.29, 0.717) is 12.0 Å². The van der Waals surface area contributed by atoms with Gasteiger partial charge in [0.15, 0.2) is 0 Å². The number of hydrogen-bond donors (Lipinski definition) is 1. The molecule has 0 saturated carbocycles. The van der Waals surface area contributed by atoms with Gasteiger partial charge in [-0.1, -0.05) is 43.7 Å². The summed E-state index contributed by atoms with van der Waals surface area (Å²) in [6.45, 7) is 1.85. The van der Waals surface area contributed by atoms with Gasteiger partial charge in [-0.3, -0.25) is 10.1 Å². The summed E-state index contributed by atoms with van der Waals surface area (Å²) in [6.07, 6.45) is 1.55. The largest absolute Gasteiger partial charge is 0.508 e. The molecule has 1 atom stereocenters. The zero-order chi connectivity index (χ0) is 13.8. The lowest BCUT2D eigenvalue weighted by molar-refractivity contribution is -0.483. The quantitative estimate of drug-likeness (QED) is 0.657. The fourth-order valence-electron chi connectivity index (χ4n) is 2.57. The molecule has 2 aromatic carbocycles. The van der Waals surface area contributed by atoms with Crippen molar-refractivity contribution in [1.29, 1.82) is 0 Å². The van der Waals surface area contributed by atoms with Crippen molar-refractivity contribution < 1.29 is 10.0 Å². The van der Waals surface area contributed by atoms with Crippen LogP contribution in [0.2, 0.25) is 0 Å². The number of phenolic OH excluding ortho intramolecular Hbond substituents is 1. The van der Waals surface area contributed by atoms with Gasteiger partial charge in [-0.05, 0) is 23.3 Å². The van der Waals surface area contributed by atoms with E-state index in [1.54, 1.807) is 6.07 Å². The zero-order valence-electron chi connectivity index (χ0n) is 10.9. The smallest absolute Gasteiger partial charge is 0.210 e. The molecule has 2 rings (SSSR count). The molecule has 0 unspecified atom stereocenters. The van der Waals surface area contributed by atoms with Gasteiger partial charge in [-0.15, -0.1) is 0 Å². The number of phenols is 1. The lowest BCUT2D eigenvalue weighted by atomic mass is 9.89. The normalized spacial score (nSPS) is 12.5. The van der Waals surface area contributed by atoms with E-state index in [1.165, 1.54) is 0 Å². The van der Waals surface area contributed by atoms with Crippen molar-refractivity contribution in [1.82, 2.24) is 0 Å². The van der Waals surface area contributed by atoms with E-state index >= 15 is 0 Å². The highest BCUT2D eigenvalue weighted by Gasteiger charge is 2.22. The van der Waals surface area contributed by atoms with Gasteiger partial charge < -0.3 is 5.11 Å². The predicted octanol–water partition coefficient (Wildman–Crippen LogP) is 3.71. The van der Waals surface area contributed by atoms with Crippen LogP contribution < -0.4 is 0 Å². The topological polar surface area (TPSA) is 63.4 Å². The molecule has 0 aliphatic carbocycles. The Morgan fingerprint density at radius 3 is 2.68 bits per heavy atom. The summed E-state index contributed by atoms with van der Waals surface area (Å²) in [7, 11) is 0. The maximum absolute atomic E-state index is 10.8. The molecule has 0 saturated heterocycles. The average molecular weight is 259 g/mol. The summed E-state index contributed by atoms with van der Waals surface area (Å²) in [5, 5.41) is 22.8. The Labute approximate surface area is 111 Å². The number of rotatable bonds is 5. The minimum atomic E-state index is -0.304. The second kappa shape index (κ2) is 5.69. The molecular formula is C15H17NO3. The van der Waals surface area contributed by atoms with Gasteiger partial charge in [0.2, 0.25) is 6.54 Å². The van der Waals surface area contributed by atoms with Gasteiger partial charge in [0.25, 0.3) is 0 Å². The van der Waals surface area contributed by atoms with Crippen molar-refractivity contribution in [3.63, 3.8) is 0 Å². The van der Waals surface area contributed by atoms with Crippen molar-refractivity contribution in [2.24, 2.45) is 0 Å². The van der Waals surface area contributed by atoms with Crippen molar-refractivity contribution in [3.8, 4) is 5.75 Å². The maximum Gasteiger partial charge on any atom is 0.210 e. The van der Waals surface area contributed by atoms with E-state index in [4.69, 9.17) is 0 Å². The molecule has 0 aromatic heterocycles. The fourth-order valence-corrected chi connectivity index (χ4v) is 2.57. The maximum atomic E-state index is 10.8. The van der Waals surface area contributed by atoms with Crippen molar-refractivity contribution in [2.45, 2.75) is 25.7 Å². The summed E-state index contributed by atoms with van der Waals surface area (Å²) >= 11 is 0. The summed E-state index contributed by atoms with van der Waals surface area (Å²) < 4.78 is 0. The Kier molecular flexibility index (Phi) is 4.00. The third kappa shape index (κ3) is 2.84. The van der Waals surface area contributed by atoms with Crippen molar-refractivity contribution in [2.75, 3.05) is 6.54 Å². The minimum Gasteiger partial charge on any atom is -0.508 e. The molecule has 0 bridgehead atoms. The molecule has 0 spiro atoms. The van der Waals surface area contributed by atoms with E-state index in [9.17, 15) is 15.2 Å². The van der Waals surface area contributed by atoms with Crippen LogP contribution in [0.25, 0.3) is 10.8 Å². The van der Waals surface area contributed by atoms with E-state index in [1.807, 2.05) is 37.3 Å². The highest BCUT2D eigenvalue weighted by molar-refractivity contribution is 5.88. The molecule has 0 radical (unpaired) electrons. The van der Waals surface area contributed by atoms with E-state index < -0.39 is 0 Å². The predicted molar refractivity (Wildman–Crippen MR) is 75.1 cm³/mol. The van der Waals surface area contributed by atoms with Crippen molar-refractivity contribution in [3.05, 3.63) is 52.1 Å². The zero-order valence-corrected chi connectivity index (χ0v) is 10.9. The van der Waals surface area contributed by atoms with Gasteiger partial charge in [-0.2, -0.15) is 0 Å². The number of nitrogens with zero attached hydrogens (tertiary/aromatic N) is 1. The van der Waals surface area contributed by atoms with Crippen LogP contribution in [0.1, 0.15) is 31.2 Å². The van der Waals surface area contributed by atoms with Crippen LogP contribution in [0.5, 0.6) is 5.75 Å². The number of nitro groups is 1. The average Bonchev–Trinajstić information content (AvgIpc) is 2.37. The lowest BCUT2D eigenvalue weighted by Gasteiger charge is -2.16. The molecule has 4 heteroatoms. The summed E-state index contributed by atoms with van der Waals surface area (Å²) in [5.74, 6) is -0.0925. The van der Waals surface area contributed by atoms with Gasteiger partial charge in [0, 0.05) is 10.5 Å². The highest BCUT2D eigenvalue weighted by Crippen LogP contribution is 2.35. The third-order valence-electron chi connectivity index (χ3n) is 3.36. The number of hydrogen-bond acceptors (Lipinski definition) is 3. The van der Waals surface area contributed by atoms with Gasteiger partial charge in [0.05, 0.1) is 5.92 Å². The summed E-state index contributed by atoms with van der Waals surface area (Å²) in [5.41, 5.74) is 0.705. The van der Waals surface area contributed by atoms with Crippen LogP contribution in [0, 0.1) is 10.1 Å². The Hall–Kier alpha value is -2.10. The van der Waals surface area contributed by atoms with Crippen LogP contribution in [0.4, 0.5) is 0 Å². The molecule has 0 aliphatic rings. The molecule has 1 N–H and O–H groups in total. The Bertz CT molecular complexity index is 595. The van der Waals surface area contributed by atoms with Gasteiger partial charge in [0.1, 0.15) is 5.75 Å². The first-order valence-electron chi connectivity index (χ1n) is 6.46. The third-order valence-corrected chi connectivity index (χ3v) is 3.36. The second-order valence-corrected chi connectivity index (χ2v) is 4.72. The first-order valence-corrected chi connectivity index (χ1v) is 6.46. The second-order valence-electron chi connectivity index (χ2n) is 4.72. The van der Waals surface area contributed by atoms with Crippen LogP contribution in [-0.4, -0.2) is 16.6 Å². The number of aromatic hydroxyl groups is 1. The molecule has 0 heterocycles. The van der Waals surface area contributed by atoms with Gasteiger partial charge in [-0.25, -0.2) is 0 Å². The van der Waals surface area contributed by atoms with Crippen molar-refractivity contribution >= 4 is 10.8 Å². The van der Waals surface area contributed by atoms with E-state index in [-0.39, 0.29) is 23.1 Å². The molecule has 4 nitrogen and oxygen atoms in total. The summed E-state index contributed by atoms with van der Waals surface area (Å²) in [6, 6.07) is 11.1. The molecule has 0 amide bonds. The SMILES string of the molecule is CCC[C@H](C[N+](=O)[O-])c1c(O)ccc2ccccc12. The van der Waals surface area contributed by atoms with Gasteiger partial charge >= 0.3 is 0 Å².